The number of carbonyl (C=O) groups is 3. The number of ketones is 1. The van der Waals surface area contributed by atoms with Crippen LogP contribution in [-0.2, 0) is 16.0 Å². The molecule has 3 heterocycles. The Labute approximate surface area is 209 Å². The average Bonchev–Trinajstić information content (AvgIpc) is 3.32. The number of aryl methyl sites for hydroxylation is 2. The first-order valence-corrected chi connectivity index (χ1v) is 11.8. The third-order valence-corrected chi connectivity index (χ3v) is 6.28. The second kappa shape index (κ2) is 10.3. The maximum absolute atomic E-state index is 13.0. The second-order valence-electron chi connectivity index (χ2n) is 8.74. The zero-order valence-corrected chi connectivity index (χ0v) is 21.1. The maximum Gasteiger partial charge on any atom is 0.355 e. The summed E-state index contributed by atoms with van der Waals surface area (Å²) < 4.78 is 24.2. The number of carbonyl (C=O) groups excluding carboxylic acids is 3. The lowest BCUT2D eigenvalue weighted by molar-refractivity contribution is 0.0473. The molecule has 0 amide bonds. The fourth-order valence-electron chi connectivity index (χ4n) is 4.47. The van der Waals surface area contributed by atoms with E-state index in [1.807, 2.05) is 42.7 Å². The van der Waals surface area contributed by atoms with Crippen molar-refractivity contribution in [3.05, 3.63) is 69.8 Å². The number of aromatic amines is 1. The Hall–Kier alpha value is -4.01. The second-order valence-corrected chi connectivity index (χ2v) is 8.74. The van der Waals surface area contributed by atoms with Crippen LogP contribution >= 0.6 is 0 Å². The first-order chi connectivity index (χ1) is 17.2. The number of rotatable bonds is 8. The van der Waals surface area contributed by atoms with Gasteiger partial charge in [-0.3, -0.25) is 4.79 Å². The van der Waals surface area contributed by atoms with Crippen LogP contribution in [0.4, 0.5) is 0 Å². The number of para-hydroxylation sites is 2. The Morgan fingerprint density at radius 2 is 1.78 bits per heavy atom. The average molecular weight is 495 g/mol. The first kappa shape index (κ1) is 25.1. The van der Waals surface area contributed by atoms with Crippen LogP contribution in [0.3, 0.4) is 0 Å². The third kappa shape index (κ3) is 4.86. The number of nitrogens with zero attached hydrogens (tertiary/aromatic N) is 1. The molecule has 9 heteroatoms. The minimum atomic E-state index is -0.676. The third-order valence-electron chi connectivity index (χ3n) is 6.28. The van der Waals surface area contributed by atoms with Crippen molar-refractivity contribution in [3.63, 3.8) is 0 Å². The highest BCUT2D eigenvalue weighted by Crippen LogP contribution is 2.31. The van der Waals surface area contributed by atoms with E-state index in [2.05, 4.69) is 4.98 Å². The largest absolute Gasteiger partial charge is 0.486 e. The molecule has 1 atom stereocenters. The van der Waals surface area contributed by atoms with Crippen LogP contribution in [0.5, 0.6) is 11.5 Å². The molecule has 0 radical (unpaired) electrons. The van der Waals surface area contributed by atoms with Crippen LogP contribution < -0.4 is 9.47 Å². The van der Waals surface area contributed by atoms with Crippen molar-refractivity contribution in [2.24, 2.45) is 0 Å². The molecule has 1 aliphatic heterocycles. The lowest BCUT2D eigenvalue weighted by atomic mass is 10.1. The number of nitrogens with one attached hydrogen (secondary N) is 1. The van der Waals surface area contributed by atoms with E-state index < -0.39 is 18.5 Å². The molecule has 0 bridgehead atoms. The summed E-state index contributed by atoms with van der Waals surface area (Å²) in [6.07, 6.45) is -0.210. The Balaban J connectivity index is 1.42. The van der Waals surface area contributed by atoms with Crippen molar-refractivity contribution >= 4 is 17.7 Å². The number of aromatic nitrogens is 2. The molecule has 4 rings (SSSR count). The molecule has 2 aromatic heterocycles. The smallest absolute Gasteiger partial charge is 0.355 e. The number of Topliss-reactive ketones (excluding diaryl/α,β-unsaturated/α-hetero) is 1. The van der Waals surface area contributed by atoms with Crippen LogP contribution in [0.15, 0.2) is 30.3 Å². The summed E-state index contributed by atoms with van der Waals surface area (Å²) in [5.74, 6) is -0.122. The summed E-state index contributed by atoms with van der Waals surface area (Å²) in [5.41, 5.74) is 3.46. The quantitative estimate of drug-likeness (QED) is 0.371. The molecule has 1 aliphatic rings. The van der Waals surface area contributed by atoms with Gasteiger partial charge in [0.05, 0.1) is 18.7 Å². The van der Waals surface area contributed by atoms with Crippen molar-refractivity contribution in [1.29, 1.82) is 0 Å². The van der Waals surface area contributed by atoms with Gasteiger partial charge in [0.2, 0.25) is 5.78 Å². The number of hydrogen-bond acceptors (Lipinski definition) is 7. The van der Waals surface area contributed by atoms with Crippen LogP contribution in [0, 0.1) is 27.7 Å². The van der Waals surface area contributed by atoms with Crippen molar-refractivity contribution < 1.29 is 33.3 Å². The maximum atomic E-state index is 13.0. The lowest BCUT2D eigenvalue weighted by Crippen LogP contribution is -2.33. The Kier molecular flexibility index (Phi) is 7.19. The van der Waals surface area contributed by atoms with Crippen LogP contribution in [0.1, 0.15) is 60.8 Å². The van der Waals surface area contributed by atoms with Gasteiger partial charge in [-0.15, -0.1) is 0 Å². The van der Waals surface area contributed by atoms with Gasteiger partial charge in [-0.1, -0.05) is 12.1 Å². The van der Waals surface area contributed by atoms with Crippen LogP contribution in [-0.4, -0.2) is 53.2 Å². The molecule has 190 valence electrons. The predicted molar refractivity (Wildman–Crippen MR) is 131 cm³/mol. The summed E-state index contributed by atoms with van der Waals surface area (Å²) >= 11 is 0. The van der Waals surface area contributed by atoms with Gasteiger partial charge in [-0.25, -0.2) is 9.59 Å². The van der Waals surface area contributed by atoms with E-state index in [0.29, 0.717) is 35.7 Å². The minimum absolute atomic E-state index is 0.202. The van der Waals surface area contributed by atoms with Gasteiger partial charge in [0.25, 0.3) is 0 Å². The summed E-state index contributed by atoms with van der Waals surface area (Å²) in [5, 5.41) is 0. The van der Waals surface area contributed by atoms with E-state index >= 15 is 0 Å². The molecule has 0 saturated carbocycles. The molecule has 1 unspecified atom stereocenters. The number of ether oxygens (including phenoxy) is 4. The highest BCUT2D eigenvalue weighted by Gasteiger charge is 2.26. The normalized spacial score (nSPS) is 14.4. The number of H-pyrrole nitrogens is 1. The molecule has 0 saturated heterocycles. The predicted octanol–water partition coefficient (Wildman–Crippen LogP) is 4.11. The van der Waals surface area contributed by atoms with Crippen molar-refractivity contribution in [1.82, 2.24) is 9.55 Å². The highest BCUT2D eigenvalue weighted by atomic mass is 16.6. The summed E-state index contributed by atoms with van der Waals surface area (Å²) in [6.45, 7) is 9.48. The molecule has 1 aromatic carbocycles. The first-order valence-electron chi connectivity index (χ1n) is 11.8. The summed E-state index contributed by atoms with van der Waals surface area (Å²) in [6, 6.07) is 9.30. The van der Waals surface area contributed by atoms with E-state index in [0.717, 1.165) is 17.1 Å². The molecule has 9 nitrogen and oxygen atoms in total. The van der Waals surface area contributed by atoms with Crippen LogP contribution in [0.2, 0.25) is 0 Å². The molecule has 3 aromatic rings. The fraction of sp³-hybridized carbons (Fsp3) is 0.370. The Bertz CT molecular complexity index is 1320. The van der Waals surface area contributed by atoms with Gasteiger partial charge in [0.1, 0.15) is 12.3 Å². The minimum Gasteiger partial charge on any atom is -0.486 e. The van der Waals surface area contributed by atoms with Crippen molar-refractivity contribution in [2.75, 3.05) is 19.8 Å². The fourth-order valence-corrected chi connectivity index (χ4v) is 4.47. The number of esters is 2. The zero-order chi connectivity index (χ0) is 26.0. The van der Waals surface area contributed by atoms with Gasteiger partial charge in [0, 0.05) is 22.6 Å². The van der Waals surface area contributed by atoms with Gasteiger partial charge in [-0.2, -0.15) is 0 Å². The topological polar surface area (TPSA) is 109 Å². The molecular weight excluding hydrogens is 464 g/mol. The van der Waals surface area contributed by atoms with E-state index in [9.17, 15) is 14.4 Å². The summed E-state index contributed by atoms with van der Waals surface area (Å²) in [4.78, 5) is 40.7. The zero-order valence-electron chi connectivity index (χ0n) is 21.1. The monoisotopic (exact) mass is 494 g/mol. The standard InChI is InChI=1S/C27H30N2O7/c1-6-33-27(32)25-16(3)24(17(4)28-25)26(31)35-14-21(30)20-11-15(2)29(18(20)5)12-19-13-34-22-9-7-8-10-23(22)36-19/h7-11,19,28H,6,12-14H2,1-5H3. The lowest BCUT2D eigenvalue weighted by Gasteiger charge is -2.27. The molecule has 36 heavy (non-hydrogen) atoms. The molecule has 0 spiro atoms. The number of benzene rings is 1. The van der Waals surface area contributed by atoms with E-state index in [-0.39, 0.29) is 29.8 Å². The van der Waals surface area contributed by atoms with Gasteiger partial charge < -0.3 is 28.5 Å². The van der Waals surface area contributed by atoms with Crippen molar-refractivity contribution in [3.8, 4) is 11.5 Å². The van der Waals surface area contributed by atoms with Crippen molar-refractivity contribution in [2.45, 2.75) is 47.3 Å². The molecule has 0 aliphatic carbocycles. The molecular formula is C27H30N2O7. The van der Waals surface area contributed by atoms with E-state index in [1.54, 1.807) is 26.8 Å². The van der Waals surface area contributed by atoms with Gasteiger partial charge in [-0.05, 0) is 58.4 Å². The summed E-state index contributed by atoms with van der Waals surface area (Å²) in [7, 11) is 0. The molecule has 0 fully saturated rings. The van der Waals surface area contributed by atoms with Gasteiger partial charge >= 0.3 is 11.9 Å². The Morgan fingerprint density at radius 1 is 1.06 bits per heavy atom. The van der Waals surface area contributed by atoms with Gasteiger partial charge in [0.15, 0.2) is 24.2 Å². The SMILES string of the molecule is CCOC(=O)c1[nH]c(C)c(C(=O)OCC(=O)c2cc(C)n(CC3COc4ccccc4O3)c2C)c1C. The number of hydrogen-bond donors (Lipinski definition) is 1. The highest BCUT2D eigenvalue weighted by molar-refractivity contribution is 6.02. The van der Waals surface area contributed by atoms with E-state index in [4.69, 9.17) is 18.9 Å². The Morgan fingerprint density at radius 3 is 2.50 bits per heavy atom. The van der Waals surface area contributed by atoms with Crippen LogP contribution in [0.25, 0.3) is 0 Å². The molecule has 1 N–H and O–H groups in total. The number of fused-ring (bicyclic) bond motifs is 1. The van der Waals surface area contributed by atoms with E-state index in [1.165, 1.54) is 0 Å².